The third-order valence-electron chi connectivity index (χ3n) is 5.63. The largest absolute Gasteiger partial charge is 0.497 e. The number of alkyl halides is 2. The van der Waals surface area contributed by atoms with Crippen LogP contribution in [0.5, 0.6) is 17.2 Å². The van der Waals surface area contributed by atoms with Crippen molar-refractivity contribution in [3.63, 3.8) is 0 Å². The summed E-state index contributed by atoms with van der Waals surface area (Å²) in [6.07, 6.45) is 1.60. The maximum absolute atomic E-state index is 13.7. The van der Waals surface area contributed by atoms with E-state index in [1.54, 1.807) is 44.2 Å². The fourth-order valence-corrected chi connectivity index (χ4v) is 5.08. The number of hydrogen-bond acceptors (Lipinski definition) is 8. The molecule has 2 aromatic carbocycles. The summed E-state index contributed by atoms with van der Waals surface area (Å²) in [6, 6.07) is 10.7. The molecule has 0 N–H and O–H groups in total. The number of carbonyl (C=O) groups is 1. The van der Waals surface area contributed by atoms with Gasteiger partial charge in [0.15, 0.2) is 16.3 Å². The Morgan fingerprint density at radius 2 is 1.95 bits per heavy atom. The molecule has 2 heterocycles. The van der Waals surface area contributed by atoms with Crippen molar-refractivity contribution in [1.29, 1.82) is 0 Å². The predicted molar refractivity (Wildman–Crippen MR) is 133 cm³/mol. The first-order valence-corrected chi connectivity index (χ1v) is 12.1. The SMILES string of the molecule is CCOC(=O)C1=C(C)N=c2s/c(=C/c3ccc(OC(F)F)c(OC)c3)c(=O)n2[C@@H]1c1cccc(OC)c1. The van der Waals surface area contributed by atoms with E-state index in [0.29, 0.717) is 31.9 Å². The van der Waals surface area contributed by atoms with Crippen molar-refractivity contribution in [3.8, 4) is 17.2 Å². The number of aromatic nitrogens is 1. The van der Waals surface area contributed by atoms with Crippen LogP contribution < -0.4 is 29.1 Å². The van der Waals surface area contributed by atoms with Crippen LogP contribution >= 0.6 is 11.3 Å². The molecule has 0 saturated carbocycles. The van der Waals surface area contributed by atoms with Gasteiger partial charge >= 0.3 is 12.6 Å². The molecule has 0 spiro atoms. The molecule has 8 nitrogen and oxygen atoms in total. The Morgan fingerprint density at radius 3 is 2.62 bits per heavy atom. The second-order valence-corrected chi connectivity index (χ2v) is 8.88. The first kappa shape index (κ1) is 26.1. The highest BCUT2D eigenvalue weighted by Gasteiger charge is 2.33. The average Bonchev–Trinajstić information content (AvgIpc) is 3.18. The van der Waals surface area contributed by atoms with Crippen molar-refractivity contribution >= 4 is 23.4 Å². The Morgan fingerprint density at radius 1 is 1.16 bits per heavy atom. The van der Waals surface area contributed by atoms with E-state index in [4.69, 9.17) is 14.2 Å². The standard InChI is InChI=1S/C26H24F2N2O6S/c1-5-35-24(32)21-14(2)29-26-30(22(21)16-7-6-8-17(13-16)33-3)23(31)20(37-26)12-15-9-10-18(36-25(27)28)19(11-15)34-4/h6-13,22,25H,5H2,1-4H3/b20-12+/t22-/m1/s1. The maximum atomic E-state index is 13.7. The van der Waals surface area contributed by atoms with E-state index in [1.807, 2.05) is 0 Å². The molecule has 0 fully saturated rings. The Hall–Kier alpha value is -3.99. The lowest BCUT2D eigenvalue weighted by Crippen LogP contribution is -2.39. The number of allylic oxidation sites excluding steroid dienone is 1. The van der Waals surface area contributed by atoms with Crippen LogP contribution in [0, 0.1) is 0 Å². The lowest BCUT2D eigenvalue weighted by molar-refractivity contribution is -0.139. The molecular weight excluding hydrogens is 506 g/mol. The van der Waals surface area contributed by atoms with Crippen LogP contribution in [0.2, 0.25) is 0 Å². The van der Waals surface area contributed by atoms with Gasteiger partial charge in [-0.15, -0.1) is 0 Å². The number of halogens is 2. The van der Waals surface area contributed by atoms with Gasteiger partial charge in [-0.2, -0.15) is 8.78 Å². The number of esters is 1. The summed E-state index contributed by atoms with van der Waals surface area (Å²) in [4.78, 5) is 31.6. The first-order valence-electron chi connectivity index (χ1n) is 11.2. The molecule has 1 aromatic heterocycles. The quantitative estimate of drug-likeness (QED) is 0.415. The minimum absolute atomic E-state index is 0.0940. The number of fused-ring (bicyclic) bond motifs is 1. The average molecular weight is 531 g/mol. The van der Waals surface area contributed by atoms with Crippen LogP contribution in [0.1, 0.15) is 31.0 Å². The lowest BCUT2D eigenvalue weighted by Gasteiger charge is -2.25. The van der Waals surface area contributed by atoms with Crippen LogP contribution in [-0.2, 0) is 9.53 Å². The van der Waals surface area contributed by atoms with Gasteiger partial charge in [-0.3, -0.25) is 9.36 Å². The highest BCUT2D eigenvalue weighted by Crippen LogP contribution is 2.33. The van der Waals surface area contributed by atoms with Crippen LogP contribution in [0.3, 0.4) is 0 Å². The lowest BCUT2D eigenvalue weighted by atomic mass is 9.95. The topological polar surface area (TPSA) is 88.4 Å². The molecule has 0 bridgehead atoms. The molecule has 3 aromatic rings. The zero-order valence-electron chi connectivity index (χ0n) is 20.5. The summed E-state index contributed by atoms with van der Waals surface area (Å²) >= 11 is 1.14. The molecule has 0 aliphatic carbocycles. The molecule has 4 rings (SSSR count). The molecule has 11 heteroatoms. The normalized spacial score (nSPS) is 15.3. The Labute approximate surface area is 214 Å². The summed E-state index contributed by atoms with van der Waals surface area (Å²) in [5, 5.41) is 0. The first-order chi connectivity index (χ1) is 17.8. The number of rotatable bonds is 8. The minimum atomic E-state index is -3.00. The Bertz CT molecular complexity index is 1540. The second-order valence-electron chi connectivity index (χ2n) is 7.87. The fourth-order valence-electron chi connectivity index (χ4n) is 4.04. The fraction of sp³-hybridized carbons (Fsp3) is 0.269. The zero-order chi connectivity index (χ0) is 26.7. The van der Waals surface area contributed by atoms with Crippen molar-refractivity contribution < 1.29 is 32.5 Å². The van der Waals surface area contributed by atoms with Gasteiger partial charge in [-0.25, -0.2) is 9.79 Å². The number of thiazole rings is 1. The molecule has 1 aliphatic rings. The van der Waals surface area contributed by atoms with Gasteiger partial charge in [0, 0.05) is 0 Å². The van der Waals surface area contributed by atoms with Gasteiger partial charge in [0.1, 0.15) is 5.75 Å². The number of hydrogen-bond donors (Lipinski definition) is 0. The molecule has 194 valence electrons. The number of nitrogens with zero attached hydrogens (tertiary/aromatic N) is 2. The van der Waals surface area contributed by atoms with E-state index in [0.717, 1.165) is 11.3 Å². The third-order valence-corrected chi connectivity index (χ3v) is 6.61. The predicted octanol–water partition coefficient (Wildman–Crippen LogP) is 3.42. The van der Waals surface area contributed by atoms with Gasteiger partial charge in [0.05, 0.1) is 42.7 Å². The Kier molecular flexibility index (Phi) is 7.72. The molecule has 1 aliphatic heterocycles. The summed E-state index contributed by atoms with van der Waals surface area (Å²) in [5.74, 6) is -0.0266. The van der Waals surface area contributed by atoms with Crippen LogP contribution in [0.25, 0.3) is 6.08 Å². The van der Waals surface area contributed by atoms with E-state index >= 15 is 0 Å². The summed E-state index contributed by atoms with van der Waals surface area (Å²) < 4.78 is 47.4. The molecule has 0 radical (unpaired) electrons. The number of ether oxygens (including phenoxy) is 4. The summed E-state index contributed by atoms with van der Waals surface area (Å²) in [6.45, 7) is 0.563. The molecular formula is C26H24F2N2O6S. The van der Waals surface area contributed by atoms with Crippen molar-refractivity contribution in [2.75, 3.05) is 20.8 Å². The monoisotopic (exact) mass is 530 g/mol. The number of carbonyl (C=O) groups excluding carboxylic acids is 1. The number of benzene rings is 2. The second kappa shape index (κ2) is 11.0. The van der Waals surface area contributed by atoms with E-state index in [9.17, 15) is 18.4 Å². The van der Waals surface area contributed by atoms with E-state index in [-0.39, 0.29) is 29.2 Å². The summed E-state index contributed by atoms with van der Waals surface area (Å²) in [7, 11) is 2.86. The highest BCUT2D eigenvalue weighted by atomic mass is 32.1. The smallest absolute Gasteiger partial charge is 0.387 e. The van der Waals surface area contributed by atoms with Crippen molar-refractivity contribution in [2.24, 2.45) is 4.99 Å². The number of methoxy groups -OCH3 is 2. The van der Waals surface area contributed by atoms with Crippen LogP contribution in [0.4, 0.5) is 8.78 Å². The Balaban J connectivity index is 1.89. The zero-order valence-corrected chi connectivity index (χ0v) is 21.3. The molecule has 0 unspecified atom stereocenters. The van der Waals surface area contributed by atoms with Crippen LogP contribution in [-0.4, -0.2) is 38.0 Å². The van der Waals surface area contributed by atoms with Crippen molar-refractivity contribution in [3.05, 3.63) is 84.5 Å². The van der Waals surface area contributed by atoms with Crippen LogP contribution in [0.15, 0.2) is 63.5 Å². The van der Waals surface area contributed by atoms with E-state index < -0.39 is 18.6 Å². The van der Waals surface area contributed by atoms with E-state index in [2.05, 4.69) is 9.73 Å². The highest BCUT2D eigenvalue weighted by molar-refractivity contribution is 7.07. The minimum Gasteiger partial charge on any atom is -0.497 e. The van der Waals surface area contributed by atoms with Gasteiger partial charge in [-0.1, -0.05) is 29.5 Å². The molecule has 0 saturated heterocycles. The molecule has 1 atom stereocenters. The summed E-state index contributed by atoms with van der Waals surface area (Å²) in [5.41, 5.74) is 1.50. The van der Waals surface area contributed by atoms with Gasteiger partial charge < -0.3 is 18.9 Å². The maximum Gasteiger partial charge on any atom is 0.387 e. The van der Waals surface area contributed by atoms with Gasteiger partial charge in [0.25, 0.3) is 5.56 Å². The molecule has 0 amide bonds. The molecule has 37 heavy (non-hydrogen) atoms. The van der Waals surface area contributed by atoms with Gasteiger partial charge in [-0.05, 0) is 55.3 Å². The van der Waals surface area contributed by atoms with E-state index in [1.165, 1.54) is 37.0 Å². The van der Waals surface area contributed by atoms with Gasteiger partial charge in [0.2, 0.25) is 0 Å². The van der Waals surface area contributed by atoms with Crippen molar-refractivity contribution in [1.82, 2.24) is 4.57 Å². The third kappa shape index (κ3) is 5.26. The van der Waals surface area contributed by atoms with Crippen molar-refractivity contribution in [2.45, 2.75) is 26.5 Å².